The molecular formula is C16H23N3. The average Bonchev–Trinajstić information content (AvgIpc) is 2.45. The van der Waals surface area contributed by atoms with Gasteiger partial charge in [-0.3, -0.25) is 4.99 Å². The molecule has 0 fully saturated rings. The number of nitrogens with two attached hydrogens (primary N) is 1. The largest absolute Gasteiger partial charge is 0.387 e. The molecule has 0 aromatic heterocycles. The van der Waals surface area contributed by atoms with Gasteiger partial charge in [0.2, 0.25) is 0 Å². The van der Waals surface area contributed by atoms with Crippen LogP contribution in [-0.2, 0) is 0 Å². The minimum absolute atomic E-state index is 0.261. The molecule has 0 saturated heterocycles. The Morgan fingerprint density at radius 3 is 2.58 bits per heavy atom. The van der Waals surface area contributed by atoms with Gasteiger partial charge in [0.05, 0.1) is 0 Å². The van der Waals surface area contributed by atoms with Crippen LogP contribution in [0.4, 0.5) is 0 Å². The molecule has 0 aliphatic heterocycles. The van der Waals surface area contributed by atoms with E-state index < -0.39 is 0 Å². The summed E-state index contributed by atoms with van der Waals surface area (Å²) in [6.07, 6.45) is 6.24. The molecule has 3 nitrogen and oxygen atoms in total. The van der Waals surface area contributed by atoms with Crippen molar-refractivity contribution < 1.29 is 0 Å². The van der Waals surface area contributed by atoms with E-state index in [1.807, 2.05) is 37.3 Å². The van der Waals surface area contributed by atoms with Crippen molar-refractivity contribution in [3.63, 3.8) is 0 Å². The van der Waals surface area contributed by atoms with Crippen LogP contribution < -0.4 is 5.73 Å². The van der Waals surface area contributed by atoms with E-state index in [1.54, 1.807) is 7.05 Å². The van der Waals surface area contributed by atoms with Crippen LogP contribution in [0.25, 0.3) is 0 Å². The Bertz CT molecular complexity index is 458. The lowest BCUT2D eigenvalue weighted by Gasteiger charge is -2.10. The third-order valence-electron chi connectivity index (χ3n) is 2.99. The maximum absolute atomic E-state index is 6.06. The van der Waals surface area contributed by atoms with E-state index in [1.165, 1.54) is 0 Å². The summed E-state index contributed by atoms with van der Waals surface area (Å²) in [5, 5.41) is 0. The van der Waals surface area contributed by atoms with Crippen molar-refractivity contribution in [2.24, 2.45) is 21.6 Å². The number of hydrogen-bond donors (Lipinski definition) is 1. The molecule has 1 atom stereocenters. The summed E-state index contributed by atoms with van der Waals surface area (Å²) in [6, 6.07) is 9.90. The summed E-state index contributed by atoms with van der Waals surface area (Å²) in [4.78, 5) is 8.68. The monoisotopic (exact) mass is 257 g/mol. The van der Waals surface area contributed by atoms with Gasteiger partial charge in [-0.15, -0.1) is 0 Å². The highest BCUT2D eigenvalue weighted by atomic mass is 15.0. The van der Waals surface area contributed by atoms with Crippen molar-refractivity contribution in [2.45, 2.75) is 26.7 Å². The lowest BCUT2D eigenvalue weighted by atomic mass is 10.0. The number of nitrogens with zero attached hydrogens (tertiary/aromatic N) is 2. The van der Waals surface area contributed by atoms with E-state index in [2.05, 4.69) is 29.1 Å². The molecule has 0 spiro atoms. The molecule has 1 aromatic rings. The van der Waals surface area contributed by atoms with Crippen molar-refractivity contribution in [1.29, 1.82) is 0 Å². The second-order valence-electron chi connectivity index (χ2n) is 4.50. The predicted molar refractivity (Wildman–Crippen MR) is 83.7 cm³/mol. The van der Waals surface area contributed by atoms with Crippen LogP contribution in [-0.4, -0.2) is 18.7 Å². The zero-order valence-corrected chi connectivity index (χ0v) is 12.0. The maximum Gasteiger partial charge on any atom is 0.156 e. The number of aliphatic imine (C=N–C) groups is 2. The van der Waals surface area contributed by atoms with E-state index in [0.717, 1.165) is 18.4 Å². The zero-order valence-electron chi connectivity index (χ0n) is 12.0. The van der Waals surface area contributed by atoms with E-state index >= 15 is 0 Å². The van der Waals surface area contributed by atoms with Crippen LogP contribution in [0.1, 0.15) is 32.3 Å². The van der Waals surface area contributed by atoms with Crippen LogP contribution in [0.15, 0.2) is 52.5 Å². The number of rotatable bonds is 5. The van der Waals surface area contributed by atoms with Crippen molar-refractivity contribution in [3.05, 3.63) is 48.0 Å². The van der Waals surface area contributed by atoms with Crippen LogP contribution >= 0.6 is 0 Å². The molecule has 0 aliphatic rings. The van der Waals surface area contributed by atoms with Gasteiger partial charge in [0, 0.05) is 18.5 Å². The Morgan fingerprint density at radius 1 is 1.32 bits per heavy atom. The first-order valence-electron chi connectivity index (χ1n) is 6.66. The van der Waals surface area contributed by atoms with Crippen molar-refractivity contribution >= 4 is 11.7 Å². The van der Waals surface area contributed by atoms with Crippen LogP contribution in [0.3, 0.4) is 0 Å². The molecule has 1 aromatic carbocycles. The van der Waals surface area contributed by atoms with Gasteiger partial charge in [0.1, 0.15) is 5.84 Å². The number of amidine groups is 2. The first-order valence-corrected chi connectivity index (χ1v) is 6.66. The Balaban J connectivity index is 2.76. The lowest BCUT2D eigenvalue weighted by Crippen LogP contribution is -2.23. The molecule has 0 radical (unpaired) electrons. The van der Waals surface area contributed by atoms with E-state index in [-0.39, 0.29) is 5.92 Å². The fraction of sp³-hybridized carbons (Fsp3) is 0.375. The third-order valence-corrected chi connectivity index (χ3v) is 2.99. The molecule has 0 aliphatic carbocycles. The second kappa shape index (κ2) is 8.25. The van der Waals surface area contributed by atoms with Crippen molar-refractivity contribution in [1.82, 2.24) is 0 Å². The van der Waals surface area contributed by atoms with Gasteiger partial charge in [-0.2, -0.15) is 0 Å². The molecule has 0 bridgehead atoms. The van der Waals surface area contributed by atoms with Crippen LogP contribution in [0.5, 0.6) is 0 Å². The average molecular weight is 257 g/mol. The fourth-order valence-corrected chi connectivity index (χ4v) is 1.72. The molecule has 1 unspecified atom stereocenters. The number of benzene rings is 1. The first kappa shape index (κ1) is 15.2. The summed E-state index contributed by atoms with van der Waals surface area (Å²) < 4.78 is 0. The molecule has 1 rings (SSSR count). The van der Waals surface area contributed by atoms with Gasteiger partial charge in [-0.25, -0.2) is 4.99 Å². The Labute approximate surface area is 116 Å². The Morgan fingerprint density at radius 2 is 2.00 bits per heavy atom. The minimum atomic E-state index is 0.261. The molecule has 19 heavy (non-hydrogen) atoms. The molecule has 0 amide bonds. The number of allylic oxidation sites excluding steroid dienone is 2. The molecular weight excluding hydrogens is 234 g/mol. The summed E-state index contributed by atoms with van der Waals surface area (Å²) in [6.45, 7) is 4.12. The fourth-order valence-electron chi connectivity index (χ4n) is 1.72. The topological polar surface area (TPSA) is 50.7 Å². The first-order chi connectivity index (χ1) is 9.19. The standard InChI is InChI=1S/C16H23N3/c1-4-5-7-10-13(2)15(17)19-16(18-3)14-11-8-6-9-12-14/h4-6,8-9,11-13H,7,10H2,1-3H3,(H2,17,18,19)/b5-4-. The molecule has 0 saturated carbocycles. The van der Waals surface area contributed by atoms with Gasteiger partial charge in [0.25, 0.3) is 0 Å². The van der Waals surface area contributed by atoms with Crippen LogP contribution in [0.2, 0.25) is 0 Å². The third kappa shape index (κ3) is 5.08. The Kier molecular flexibility index (Phi) is 6.58. The van der Waals surface area contributed by atoms with Crippen molar-refractivity contribution in [2.75, 3.05) is 7.05 Å². The summed E-state index contributed by atoms with van der Waals surface area (Å²) >= 11 is 0. The number of hydrogen-bond acceptors (Lipinski definition) is 1. The summed E-state index contributed by atoms with van der Waals surface area (Å²) in [5.41, 5.74) is 7.05. The minimum Gasteiger partial charge on any atom is -0.387 e. The highest BCUT2D eigenvalue weighted by Gasteiger charge is 2.08. The van der Waals surface area contributed by atoms with E-state index in [4.69, 9.17) is 5.73 Å². The van der Waals surface area contributed by atoms with Gasteiger partial charge < -0.3 is 5.73 Å². The quantitative estimate of drug-likeness (QED) is 0.490. The maximum atomic E-state index is 6.06. The molecule has 0 heterocycles. The smallest absolute Gasteiger partial charge is 0.156 e. The van der Waals surface area contributed by atoms with E-state index in [9.17, 15) is 0 Å². The molecule has 3 heteroatoms. The van der Waals surface area contributed by atoms with Crippen molar-refractivity contribution in [3.8, 4) is 0 Å². The van der Waals surface area contributed by atoms with Gasteiger partial charge >= 0.3 is 0 Å². The molecule has 2 N–H and O–H groups in total. The predicted octanol–water partition coefficient (Wildman–Crippen LogP) is 3.41. The summed E-state index contributed by atoms with van der Waals surface area (Å²) in [7, 11) is 1.74. The second-order valence-corrected chi connectivity index (χ2v) is 4.50. The van der Waals surface area contributed by atoms with Gasteiger partial charge in [0.15, 0.2) is 5.84 Å². The van der Waals surface area contributed by atoms with Gasteiger partial charge in [-0.1, -0.05) is 49.4 Å². The zero-order chi connectivity index (χ0) is 14.1. The highest BCUT2D eigenvalue weighted by Crippen LogP contribution is 2.09. The highest BCUT2D eigenvalue weighted by molar-refractivity contribution is 6.06. The lowest BCUT2D eigenvalue weighted by molar-refractivity contribution is 0.688. The SMILES string of the molecule is C/C=C\CCC(C)/C(N)=N/C(=N\C)c1ccccc1. The van der Waals surface area contributed by atoms with E-state index in [0.29, 0.717) is 11.7 Å². The van der Waals surface area contributed by atoms with Crippen LogP contribution in [0, 0.1) is 5.92 Å². The molecule has 102 valence electrons. The normalized spacial score (nSPS) is 14.9. The Hall–Kier alpha value is -1.90. The summed E-state index contributed by atoms with van der Waals surface area (Å²) in [5.74, 6) is 1.60. The van der Waals surface area contributed by atoms with Gasteiger partial charge in [-0.05, 0) is 19.8 Å².